The van der Waals surface area contributed by atoms with Gasteiger partial charge in [-0.05, 0) is 49.9 Å². The fourth-order valence-electron chi connectivity index (χ4n) is 3.84. The molecule has 0 spiro atoms. The van der Waals surface area contributed by atoms with E-state index in [1.807, 2.05) is 49.4 Å². The Morgan fingerprint density at radius 1 is 1.07 bits per heavy atom. The second-order valence-electron chi connectivity index (χ2n) is 7.61. The summed E-state index contributed by atoms with van der Waals surface area (Å²) in [4.78, 5) is 25.4. The Kier molecular flexibility index (Phi) is 8.68. The van der Waals surface area contributed by atoms with Gasteiger partial charge in [-0.15, -0.1) is 12.4 Å². The molecule has 4 N–H and O–H groups in total. The summed E-state index contributed by atoms with van der Waals surface area (Å²) in [7, 11) is 0. The molecule has 0 aliphatic heterocycles. The van der Waals surface area contributed by atoms with Gasteiger partial charge in [0.2, 0.25) is 5.91 Å². The van der Waals surface area contributed by atoms with Gasteiger partial charge in [0.25, 0.3) is 5.91 Å². The number of benzene rings is 2. The number of hydrogen-bond acceptors (Lipinski definition) is 3. The maximum absolute atomic E-state index is 12.7. The van der Waals surface area contributed by atoms with Crippen molar-refractivity contribution in [3.63, 3.8) is 0 Å². The van der Waals surface area contributed by atoms with Crippen LogP contribution in [0.5, 0.6) is 0 Å². The van der Waals surface area contributed by atoms with E-state index in [1.54, 1.807) is 12.1 Å². The predicted molar refractivity (Wildman–Crippen MR) is 118 cm³/mol. The summed E-state index contributed by atoms with van der Waals surface area (Å²) in [5.41, 5.74) is 8.43. The topological polar surface area (TPSA) is 84.2 Å². The second kappa shape index (κ2) is 11.0. The summed E-state index contributed by atoms with van der Waals surface area (Å²) in [6.07, 6.45) is 3.33. The van der Waals surface area contributed by atoms with E-state index in [1.165, 1.54) is 0 Å². The predicted octanol–water partition coefficient (Wildman–Crippen LogP) is 3.52. The monoisotopic (exact) mass is 415 g/mol. The van der Waals surface area contributed by atoms with Crippen molar-refractivity contribution in [3.8, 4) is 0 Å². The van der Waals surface area contributed by atoms with Crippen molar-refractivity contribution in [1.29, 1.82) is 0 Å². The third kappa shape index (κ3) is 6.31. The Labute approximate surface area is 178 Å². The van der Waals surface area contributed by atoms with Crippen molar-refractivity contribution in [1.82, 2.24) is 10.6 Å². The van der Waals surface area contributed by atoms with Crippen LogP contribution in [0.25, 0.3) is 0 Å². The van der Waals surface area contributed by atoms with Crippen LogP contribution in [0.1, 0.15) is 53.2 Å². The van der Waals surface area contributed by atoms with Crippen LogP contribution >= 0.6 is 12.4 Å². The van der Waals surface area contributed by atoms with E-state index in [9.17, 15) is 9.59 Å². The van der Waals surface area contributed by atoms with Crippen LogP contribution in [0.3, 0.4) is 0 Å². The van der Waals surface area contributed by atoms with E-state index in [0.717, 1.165) is 30.4 Å². The van der Waals surface area contributed by atoms with E-state index >= 15 is 0 Å². The average Bonchev–Trinajstić information content (AvgIpc) is 3.15. The highest BCUT2D eigenvalue weighted by atomic mass is 35.5. The van der Waals surface area contributed by atoms with Crippen molar-refractivity contribution in [2.45, 2.75) is 44.7 Å². The zero-order chi connectivity index (χ0) is 19.9. The molecule has 1 fully saturated rings. The molecule has 2 aromatic rings. The Morgan fingerprint density at radius 2 is 1.76 bits per heavy atom. The highest BCUT2D eigenvalue weighted by molar-refractivity contribution is 5.94. The van der Waals surface area contributed by atoms with Gasteiger partial charge in [0.15, 0.2) is 0 Å². The molecule has 1 aliphatic carbocycles. The molecule has 156 valence electrons. The third-order valence-corrected chi connectivity index (χ3v) is 5.52. The summed E-state index contributed by atoms with van der Waals surface area (Å²) < 4.78 is 0. The molecule has 29 heavy (non-hydrogen) atoms. The minimum Gasteiger partial charge on any atom is -0.353 e. The summed E-state index contributed by atoms with van der Waals surface area (Å²) in [5, 5.41) is 6.16. The van der Waals surface area contributed by atoms with Gasteiger partial charge in [-0.1, -0.05) is 54.4 Å². The van der Waals surface area contributed by atoms with Crippen molar-refractivity contribution in [3.05, 3.63) is 71.3 Å². The first kappa shape index (κ1) is 22.9. The lowest BCUT2D eigenvalue weighted by atomic mass is 10.0. The number of amides is 2. The van der Waals surface area contributed by atoms with E-state index in [-0.39, 0.29) is 42.7 Å². The van der Waals surface area contributed by atoms with E-state index in [2.05, 4.69) is 10.6 Å². The van der Waals surface area contributed by atoms with Crippen molar-refractivity contribution < 1.29 is 9.59 Å². The molecular weight excluding hydrogens is 386 g/mol. The van der Waals surface area contributed by atoms with E-state index in [4.69, 9.17) is 5.73 Å². The zero-order valence-electron chi connectivity index (χ0n) is 16.8. The van der Waals surface area contributed by atoms with Crippen molar-refractivity contribution in [2.24, 2.45) is 11.7 Å². The highest BCUT2D eigenvalue weighted by Gasteiger charge is 2.28. The molecule has 2 amide bonds. The van der Waals surface area contributed by atoms with Gasteiger partial charge in [0.05, 0.1) is 12.5 Å². The third-order valence-electron chi connectivity index (χ3n) is 5.52. The lowest BCUT2D eigenvalue weighted by Gasteiger charge is -2.23. The number of carbonyl (C=O) groups is 2. The molecule has 3 unspecified atom stereocenters. The Hall–Kier alpha value is -2.37. The molecule has 1 aliphatic rings. The summed E-state index contributed by atoms with van der Waals surface area (Å²) >= 11 is 0. The molecule has 5 nitrogen and oxygen atoms in total. The normalized spacial score (nSPS) is 19.1. The quantitative estimate of drug-likeness (QED) is 0.646. The standard InChI is InChI=1S/C23H29N3O2.ClH/c1-16-10-12-18(13-11-16)23(28)26-21(17-6-3-2-4-7-17)14-22(27)25-20-9-5-8-19(20)15-24;/h2-4,6-7,10-13,19-21H,5,8-9,14-15,24H2,1H3,(H,25,27)(H,26,28);1H. The number of rotatable bonds is 7. The van der Waals surface area contributed by atoms with Crippen LogP contribution in [0, 0.1) is 12.8 Å². The van der Waals surface area contributed by atoms with Crippen LogP contribution < -0.4 is 16.4 Å². The number of halogens is 1. The van der Waals surface area contributed by atoms with Crippen LogP contribution in [0.2, 0.25) is 0 Å². The number of nitrogens with one attached hydrogen (secondary N) is 2. The molecule has 0 bridgehead atoms. The largest absolute Gasteiger partial charge is 0.353 e. The molecule has 6 heteroatoms. The number of hydrogen-bond donors (Lipinski definition) is 3. The van der Waals surface area contributed by atoms with Crippen LogP contribution in [-0.2, 0) is 4.79 Å². The van der Waals surface area contributed by atoms with Gasteiger partial charge in [0, 0.05) is 11.6 Å². The molecule has 3 rings (SSSR count). The van der Waals surface area contributed by atoms with Gasteiger partial charge < -0.3 is 16.4 Å². The first-order valence-electron chi connectivity index (χ1n) is 9.98. The Bertz CT molecular complexity index is 796. The van der Waals surface area contributed by atoms with E-state index < -0.39 is 0 Å². The lowest BCUT2D eigenvalue weighted by molar-refractivity contribution is -0.122. The summed E-state index contributed by atoms with van der Waals surface area (Å²) in [6.45, 7) is 2.58. The first-order valence-corrected chi connectivity index (χ1v) is 9.98. The fraction of sp³-hybridized carbons (Fsp3) is 0.391. The molecule has 2 aromatic carbocycles. The first-order chi connectivity index (χ1) is 13.6. The summed E-state index contributed by atoms with van der Waals surface area (Å²) in [6, 6.07) is 16.8. The molecule has 0 saturated heterocycles. The fourth-order valence-corrected chi connectivity index (χ4v) is 3.84. The van der Waals surface area contributed by atoms with Gasteiger partial charge in [-0.2, -0.15) is 0 Å². The van der Waals surface area contributed by atoms with Crippen LogP contribution in [0.4, 0.5) is 0 Å². The number of nitrogens with two attached hydrogens (primary N) is 1. The van der Waals surface area contributed by atoms with Gasteiger partial charge >= 0.3 is 0 Å². The lowest BCUT2D eigenvalue weighted by Crippen LogP contribution is -2.41. The highest BCUT2D eigenvalue weighted by Crippen LogP contribution is 2.25. The maximum atomic E-state index is 12.7. The van der Waals surface area contributed by atoms with Crippen molar-refractivity contribution in [2.75, 3.05) is 6.54 Å². The smallest absolute Gasteiger partial charge is 0.251 e. The second-order valence-corrected chi connectivity index (χ2v) is 7.61. The minimum absolute atomic E-state index is 0. The van der Waals surface area contributed by atoms with Crippen LogP contribution in [-0.4, -0.2) is 24.4 Å². The Morgan fingerprint density at radius 3 is 2.41 bits per heavy atom. The van der Waals surface area contributed by atoms with E-state index in [0.29, 0.717) is 18.0 Å². The SMILES string of the molecule is Cc1ccc(C(=O)NC(CC(=O)NC2CCCC2CN)c2ccccc2)cc1.Cl. The molecule has 0 heterocycles. The average molecular weight is 416 g/mol. The van der Waals surface area contributed by atoms with Gasteiger partial charge in [-0.25, -0.2) is 0 Å². The van der Waals surface area contributed by atoms with Gasteiger partial charge in [0.1, 0.15) is 0 Å². The van der Waals surface area contributed by atoms with Gasteiger partial charge in [-0.3, -0.25) is 9.59 Å². The number of carbonyl (C=O) groups excluding carboxylic acids is 2. The van der Waals surface area contributed by atoms with Crippen LogP contribution in [0.15, 0.2) is 54.6 Å². The summed E-state index contributed by atoms with van der Waals surface area (Å²) in [5.74, 6) is 0.118. The van der Waals surface area contributed by atoms with Crippen molar-refractivity contribution >= 4 is 24.2 Å². The zero-order valence-corrected chi connectivity index (χ0v) is 17.6. The molecule has 0 radical (unpaired) electrons. The molecule has 0 aromatic heterocycles. The maximum Gasteiger partial charge on any atom is 0.251 e. The molecule has 3 atom stereocenters. The minimum atomic E-state index is -0.382. The number of aryl methyl sites for hydroxylation is 1. The Balaban J connectivity index is 0.00000300. The molecule has 1 saturated carbocycles. The molecular formula is C23H30ClN3O2.